The Hall–Kier alpha value is -1.86. The Morgan fingerprint density at radius 3 is 2.65 bits per heavy atom. The van der Waals surface area contributed by atoms with Crippen LogP contribution in [0.2, 0.25) is 0 Å². The van der Waals surface area contributed by atoms with Crippen LogP contribution in [0.25, 0.3) is 6.08 Å². The van der Waals surface area contributed by atoms with Gasteiger partial charge >= 0.3 is 0 Å². The number of nitrogens with one attached hydrogen (secondary N) is 1. The van der Waals surface area contributed by atoms with Crippen LogP contribution >= 0.6 is 15.9 Å². The molecule has 1 aromatic rings. The zero-order valence-electron chi connectivity index (χ0n) is 13.3. The third kappa shape index (κ3) is 5.37. The number of hydrogen-bond acceptors (Lipinski definition) is 2. The summed E-state index contributed by atoms with van der Waals surface area (Å²) in [7, 11) is 0. The molecule has 2 atom stereocenters. The Balaban J connectivity index is 2.07. The van der Waals surface area contributed by atoms with E-state index in [9.17, 15) is 10.1 Å². The molecule has 0 bridgehead atoms. The van der Waals surface area contributed by atoms with Crippen LogP contribution in [0.4, 0.5) is 0 Å². The molecule has 1 aliphatic carbocycles. The van der Waals surface area contributed by atoms with Gasteiger partial charge in [-0.05, 0) is 36.5 Å². The summed E-state index contributed by atoms with van der Waals surface area (Å²) in [6.45, 7) is 2.16. The lowest BCUT2D eigenvalue weighted by molar-refractivity contribution is -0.118. The summed E-state index contributed by atoms with van der Waals surface area (Å²) in [5.41, 5.74) is 1.14. The predicted octanol–water partition coefficient (Wildman–Crippen LogP) is 4.57. The first-order valence-electron chi connectivity index (χ1n) is 7.95. The maximum atomic E-state index is 12.3. The van der Waals surface area contributed by atoms with Gasteiger partial charge in [0.1, 0.15) is 11.6 Å². The Morgan fingerprint density at radius 2 is 2.00 bits per heavy atom. The van der Waals surface area contributed by atoms with Crippen molar-refractivity contribution in [3.63, 3.8) is 0 Å². The summed E-state index contributed by atoms with van der Waals surface area (Å²) in [5.74, 6) is 0.181. The third-order valence-electron chi connectivity index (χ3n) is 4.18. The van der Waals surface area contributed by atoms with Gasteiger partial charge < -0.3 is 5.32 Å². The molecular formula is C19H21BrN2O. The van der Waals surface area contributed by atoms with Crippen LogP contribution in [0, 0.1) is 17.2 Å². The SMILES string of the molecule is C[C@H]1CCCC[C@H]1NC(=O)/C(C#N)=C/C(Br)=C/c1ccccc1. The smallest absolute Gasteiger partial charge is 0.262 e. The molecular weight excluding hydrogens is 352 g/mol. The number of allylic oxidation sites excluding steroid dienone is 2. The minimum Gasteiger partial charge on any atom is -0.348 e. The van der Waals surface area contributed by atoms with Crippen molar-refractivity contribution in [1.29, 1.82) is 5.26 Å². The van der Waals surface area contributed by atoms with Gasteiger partial charge in [-0.15, -0.1) is 0 Å². The lowest BCUT2D eigenvalue weighted by Gasteiger charge is -2.29. The minimum absolute atomic E-state index is 0.127. The Morgan fingerprint density at radius 1 is 1.30 bits per heavy atom. The molecule has 4 heteroatoms. The highest BCUT2D eigenvalue weighted by Gasteiger charge is 2.23. The summed E-state index contributed by atoms with van der Waals surface area (Å²) in [4.78, 5) is 12.3. The second-order valence-corrected chi connectivity index (χ2v) is 6.87. The number of carbonyl (C=O) groups is 1. The van der Waals surface area contributed by atoms with Gasteiger partial charge in [0.25, 0.3) is 5.91 Å². The summed E-state index contributed by atoms with van der Waals surface area (Å²) in [5, 5.41) is 12.3. The van der Waals surface area contributed by atoms with Crippen LogP contribution in [0.15, 0.2) is 46.5 Å². The standard InChI is InChI=1S/C19H21BrN2O/c1-14-7-5-6-10-18(14)22-19(23)16(13-21)12-17(20)11-15-8-3-2-4-9-15/h2-4,8-9,11-12,14,18H,5-7,10H2,1H3,(H,22,23)/b16-12+,17-11-/t14-,18+/m0/s1. The van der Waals surface area contributed by atoms with E-state index >= 15 is 0 Å². The number of carbonyl (C=O) groups excluding carboxylic acids is 1. The molecule has 23 heavy (non-hydrogen) atoms. The largest absolute Gasteiger partial charge is 0.348 e. The molecule has 0 radical (unpaired) electrons. The van der Waals surface area contributed by atoms with E-state index in [-0.39, 0.29) is 17.5 Å². The van der Waals surface area contributed by atoms with Crippen molar-refractivity contribution in [1.82, 2.24) is 5.32 Å². The maximum absolute atomic E-state index is 12.3. The molecule has 1 saturated carbocycles. The van der Waals surface area contributed by atoms with E-state index in [2.05, 4.69) is 28.2 Å². The van der Waals surface area contributed by atoms with Gasteiger partial charge in [-0.2, -0.15) is 5.26 Å². The van der Waals surface area contributed by atoms with Crippen molar-refractivity contribution in [3.8, 4) is 6.07 Å². The highest BCUT2D eigenvalue weighted by atomic mass is 79.9. The Labute approximate surface area is 146 Å². The summed E-state index contributed by atoms with van der Waals surface area (Å²) >= 11 is 3.42. The molecule has 0 saturated heterocycles. The van der Waals surface area contributed by atoms with E-state index in [1.165, 1.54) is 6.42 Å². The first-order chi connectivity index (χ1) is 11.1. The zero-order chi connectivity index (χ0) is 16.7. The average Bonchev–Trinajstić information content (AvgIpc) is 2.55. The molecule has 1 amide bonds. The van der Waals surface area contributed by atoms with Crippen LogP contribution in [0.5, 0.6) is 0 Å². The van der Waals surface area contributed by atoms with E-state index in [4.69, 9.17) is 0 Å². The van der Waals surface area contributed by atoms with Gasteiger partial charge in [-0.3, -0.25) is 4.79 Å². The molecule has 120 valence electrons. The van der Waals surface area contributed by atoms with Crippen LogP contribution in [0.1, 0.15) is 38.2 Å². The molecule has 1 N–H and O–H groups in total. The van der Waals surface area contributed by atoms with E-state index in [1.807, 2.05) is 42.5 Å². The van der Waals surface area contributed by atoms with Crippen LogP contribution in [-0.2, 0) is 4.79 Å². The van der Waals surface area contributed by atoms with Crippen LogP contribution in [0.3, 0.4) is 0 Å². The molecule has 0 heterocycles. The molecule has 3 nitrogen and oxygen atoms in total. The first-order valence-corrected chi connectivity index (χ1v) is 8.74. The normalized spacial score (nSPS) is 22.3. The summed E-state index contributed by atoms with van der Waals surface area (Å²) < 4.78 is 0.701. The van der Waals surface area contributed by atoms with E-state index in [1.54, 1.807) is 6.08 Å². The van der Waals surface area contributed by atoms with Gasteiger partial charge in [0, 0.05) is 10.5 Å². The second-order valence-electron chi connectivity index (χ2n) is 5.95. The number of nitriles is 1. The number of rotatable bonds is 4. The fourth-order valence-electron chi connectivity index (χ4n) is 2.81. The van der Waals surface area contributed by atoms with Gasteiger partial charge in [-0.25, -0.2) is 0 Å². The molecule has 1 aliphatic rings. The summed E-state index contributed by atoms with van der Waals surface area (Å²) in [6, 6.07) is 11.9. The van der Waals surface area contributed by atoms with Crippen LogP contribution in [-0.4, -0.2) is 11.9 Å². The van der Waals surface area contributed by atoms with Gasteiger partial charge in [-0.1, -0.05) is 66.0 Å². The van der Waals surface area contributed by atoms with E-state index < -0.39 is 0 Å². The number of nitrogens with zero attached hydrogens (tertiary/aromatic N) is 1. The lowest BCUT2D eigenvalue weighted by Crippen LogP contribution is -2.41. The number of hydrogen-bond donors (Lipinski definition) is 1. The zero-order valence-corrected chi connectivity index (χ0v) is 14.8. The van der Waals surface area contributed by atoms with E-state index in [0.29, 0.717) is 10.4 Å². The molecule has 2 rings (SSSR count). The molecule has 0 spiro atoms. The molecule has 1 fully saturated rings. The highest BCUT2D eigenvalue weighted by molar-refractivity contribution is 9.12. The first kappa shape index (κ1) is 17.5. The quantitative estimate of drug-likeness (QED) is 0.478. The van der Waals surface area contributed by atoms with Gasteiger partial charge in [0.2, 0.25) is 0 Å². The monoisotopic (exact) mass is 372 g/mol. The van der Waals surface area contributed by atoms with Crippen molar-refractivity contribution in [2.75, 3.05) is 0 Å². The van der Waals surface area contributed by atoms with Crippen LogP contribution < -0.4 is 5.32 Å². The molecule has 0 aromatic heterocycles. The molecule has 0 unspecified atom stereocenters. The van der Waals surface area contributed by atoms with Crippen molar-refractivity contribution >= 4 is 27.9 Å². The fourth-order valence-corrected chi connectivity index (χ4v) is 3.31. The second kappa shape index (κ2) is 8.69. The number of halogens is 1. The third-order valence-corrected chi connectivity index (χ3v) is 4.64. The Kier molecular flexibility index (Phi) is 6.61. The molecule has 0 aliphatic heterocycles. The lowest BCUT2D eigenvalue weighted by atomic mass is 9.86. The Bertz CT molecular complexity index is 643. The van der Waals surface area contributed by atoms with Crippen molar-refractivity contribution in [3.05, 3.63) is 52.0 Å². The number of amides is 1. The van der Waals surface area contributed by atoms with Gasteiger partial charge in [0.05, 0.1) is 0 Å². The fraction of sp³-hybridized carbons (Fsp3) is 0.368. The highest BCUT2D eigenvalue weighted by Crippen LogP contribution is 2.24. The summed E-state index contributed by atoms with van der Waals surface area (Å²) in [6.07, 6.45) is 7.95. The molecule has 1 aromatic carbocycles. The topological polar surface area (TPSA) is 52.9 Å². The van der Waals surface area contributed by atoms with Crippen molar-refractivity contribution < 1.29 is 4.79 Å². The maximum Gasteiger partial charge on any atom is 0.262 e. The minimum atomic E-state index is -0.287. The van der Waals surface area contributed by atoms with Crippen molar-refractivity contribution in [2.45, 2.75) is 38.6 Å². The van der Waals surface area contributed by atoms with E-state index in [0.717, 1.165) is 24.8 Å². The number of benzene rings is 1. The van der Waals surface area contributed by atoms with Gasteiger partial charge in [0.15, 0.2) is 0 Å². The predicted molar refractivity (Wildman–Crippen MR) is 96.6 cm³/mol. The van der Waals surface area contributed by atoms with Crippen molar-refractivity contribution in [2.24, 2.45) is 5.92 Å². The average molecular weight is 373 g/mol.